The van der Waals surface area contributed by atoms with Crippen molar-refractivity contribution in [2.24, 2.45) is 0 Å². The first kappa shape index (κ1) is 19.7. The van der Waals surface area contributed by atoms with Crippen LogP contribution in [0.1, 0.15) is 18.5 Å². The molecule has 1 atom stereocenters. The molecule has 0 aliphatic rings. The normalized spacial score (nSPS) is 11.7. The fraction of sp³-hybridized carbons (Fsp3) is 0.250. The number of hydrogen-bond donors (Lipinski definition) is 2. The number of esters is 1. The Hall–Kier alpha value is -2.58. The van der Waals surface area contributed by atoms with Gasteiger partial charge in [-0.15, -0.1) is 0 Å². The van der Waals surface area contributed by atoms with E-state index in [0.29, 0.717) is 15.6 Å². The quantitative estimate of drug-likeness (QED) is 0.710. The molecule has 8 nitrogen and oxygen atoms in total. The third kappa shape index (κ3) is 5.47. The summed E-state index contributed by atoms with van der Waals surface area (Å²) in [4.78, 5) is 48.0. The maximum atomic E-state index is 11.9. The van der Waals surface area contributed by atoms with Gasteiger partial charge in [-0.25, -0.2) is 4.79 Å². The number of rotatable bonds is 6. The van der Waals surface area contributed by atoms with Crippen molar-refractivity contribution < 1.29 is 14.3 Å². The zero-order valence-corrected chi connectivity index (χ0v) is 15.1. The van der Waals surface area contributed by atoms with E-state index in [1.165, 1.54) is 0 Å². The highest BCUT2D eigenvalue weighted by molar-refractivity contribution is 6.35. The molecule has 2 rings (SSSR count). The maximum absolute atomic E-state index is 11.9. The molecule has 138 valence electrons. The van der Waals surface area contributed by atoms with Gasteiger partial charge in [0, 0.05) is 22.3 Å². The molecule has 0 aliphatic carbocycles. The van der Waals surface area contributed by atoms with Crippen molar-refractivity contribution in [1.82, 2.24) is 14.9 Å². The van der Waals surface area contributed by atoms with Gasteiger partial charge in [-0.3, -0.25) is 23.9 Å². The number of benzene rings is 1. The van der Waals surface area contributed by atoms with Crippen LogP contribution < -0.4 is 16.6 Å². The van der Waals surface area contributed by atoms with Gasteiger partial charge in [0.05, 0.1) is 6.04 Å². The summed E-state index contributed by atoms with van der Waals surface area (Å²) in [6.07, 6.45) is 1.16. The Bertz CT molecular complexity index is 938. The number of hydrogen-bond acceptors (Lipinski definition) is 5. The molecule has 0 saturated heterocycles. The van der Waals surface area contributed by atoms with Gasteiger partial charge in [-0.2, -0.15) is 0 Å². The zero-order valence-electron chi connectivity index (χ0n) is 13.6. The molecule has 10 heteroatoms. The smallest absolute Gasteiger partial charge is 0.328 e. The van der Waals surface area contributed by atoms with E-state index in [4.69, 9.17) is 27.9 Å². The van der Waals surface area contributed by atoms with Crippen LogP contribution in [0.3, 0.4) is 0 Å². The van der Waals surface area contributed by atoms with Crippen LogP contribution in [0.5, 0.6) is 0 Å². The highest BCUT2D eigenvalue weighted by Gasteiger charge is 2.15. The number of nitrogens with zero attached hydrogens (tertiary/aromatic N) is 1. The molecule has 0 radical (unpaired) electrons. The summed E-state index contributed by atoms with van der Waals surface area (Å²) in [5.74, 6) is -1.34. The number of aromatic nitrogens is 2. The molecule has 0 unspecified atom stereocenters. The van der Waals surface area contributed by atoms with Crippen molar-refractivity contribution in [2.75, 3.05) is 6.61 Å². The lowest BCUT2D eigenvalue weighted by Gasteiger charge is -2.16. The Balaban J connectivity index is 1.86. The van der Waals surface area contributed by atoms with Gasteiger partial charge >= 0.3 is 11.7 Å². The van der Waals surface area contributed by atoms with Crippen molar-refractivity contribution in [2.45, 2.75) is 19.5 Å². The molecule has 1 aromatic heterocycles. The number of aromatic amines is 1. The van der Waals surface area contributed by atoms with Crippen LogP contribution in [0.15, 0.2) is 40.1 Å². The molecule has 0 fully saturated rings. The number of H-pyrrole nitrogens is 1. The topological polar surface area (TPSA) is 110 Å². The number of amides is 1. The van der Waals surface area contributed by atoms with Crippen LogP contribution in [-0.4, -0.2) is 28.0 Å². The summed E-state index contributed by atoms with van der Waals surface area (Å²) < 4.78 is 5.78. The standard InChI is InChI=1S/C16H15Cl2N3O5/c1-9(11-3-2-10(17)6-12(11)18)19-14(23)8-26-15(24)7-21-5-4-13(22)20-16(21)25/h2-6,9H,7-8H2,1H3,(H,19,23)(H,20,22,25)/t9-/m1/s1. The summed E-state index contributed by atoms with van der Waals surface area (Å²) in [6, 6.07) is 5.56. The van der Waals surface area contributed by atoms with Crippen LogP contribution in [0.4, 0.5) is 0 Å². The largest absolute Gasteiger partial charge is 0.454 e. The first-order valence-corrected chi connectivity index (χ1v) is 8.21. The Morgan fingerprint density at radius 3 is 2.65 bits per heavy atom. The summed E-state index contributed by atoms with van der Waals surface area (Å²) >= 11 is 11.9. The SMILES string of the molecule is C[C@@H](NC(=O)COC(=O)Cn1ccc(=O)[nH]c1=O)c1ccc(Cl)cc1Cl. The minimum absolute atomic E-state index is 0.403. The minimum Gasteiger partial charge on any atom is -0.454 e. The van der Waals surface area contributed by atoms with E-state index in [1.807, 2.05) is 4.98 Å². The lowest BCUT2D eigenvalue weighted by atomic mass is 10.1. The molecular formula is C16H15Cl2N3O5. The molecule has 2 aromatic rings. The van der Waals surface area contributed by atoms with Crippen LogP contribution >= 0.6 is 23.2 Å². The fourth-order valence-corrected chi connectivity index (χ4v) is 2.69. The van der Waals surface area contributed by atoms with Gasteiger partial charge in [-0.1, -0.05) is 29.3 Å². The van der Waals surface area contributed by atoms with E-state index >= 15 is 0 Å². The van der Waals surface area contributed by atoms with Crippen LogP contribution in [-0.2, 0) is 20.9 Å². The third-order valence-electron chi connectivity index (χ3n) is 3.37. The average Bonchev–Trinajstić information content (AvgIpc) is 2.55. The maximum Gasteiger partial charge on any atom is 0.328 e. The summed E-state index contributed by atoms with van der Waals surface area (Å²) in [5.41, 5.74) is -0.658. The lowest BCUT2D eigenvalue weighted by Crippen LogP contribution is -2.34. The van der Waals surface area contributed by atoms with E-state index < -0.39 is 42.3 Å². The van der Waals surface area contributed by atoms with Crippen molar-refractivity contribution in [3.05, 3.63) is 66.9 Å². The Labute approximate surface area is 157 Å². The van der Waals surface area contributed by atoms with E-state index in [1.54, 1.807) is 25.1 Å². The zero-order chi connectivity index (χ0) is 19.3. The van der Waals surface area contributed by atoms with Crippen molar-refractivity contribution >= 4 is 35.1 Å². The molecule has 0 spiro atoms. The van der Waals surface area contributed by atoms with Gasteiger partial charge in [0.15, 0.2) is 6.61 Å². The second kappa shape index (κ2) is 8.68. The molecule has 26 heavy (non-hydrogen) atoms. The first-order valence-electron chi connectivity index (χ1n) is 7.46. The number of carbonyl (C=O) groups is 2. The Morgan fingerprint density at radius 2 is 2.00 bits per heavy atom. The highest BCUT2D eigenvalue weighted by atomic mass is 35.5. The molecule has 0 aliphatic heterocycles. The summed E-state index contributed by atoms with van der Waals surface area (Å²) in [6.45, 7) is 0.767. The lowest BCUT2D eigenvalue weighted by molar-refractivity contribution is -0.149. The summed E-state index contributed by atoms with van der Waals surface area (Å²) in [5, 5.41) is 3.51. The summed E-state index contributed by atoms with van der Waals surface area (Å²) in [7, 11) is 0. The fourth-order valence-electron chi connectivity index (χ4n) is 2.11. The molecule has 1 amide bonds. The van der Waals surface area contributed by atoms with Crippen LogP contribution in [0.25, 0.3) is 0 Å². The van der Waals surface area contributed by atoms with Crippen molar-refractivity contribution in [1.29, 1.82) is 0 Å². The number of ether oxygens (including phenoxy) is 1. The number of halogens is 2. The molecule has 1 aromatic carbocycles. The highest BCUT2D eigenvalue weighted by Crippen LogP contribution is 2.25. The molecule has 2 N–H and O–H groups in total. The van der Waals surface area contributed by atoms with Crippen molar-refractivity contribution in [3.63, 3.8) is 0 Å². The van der Waals surface area contributed by atoms with Gasteiger partial charge in [0.25, 0.3) is 11.5 Å². The predicted molar refractivity (Wildman–Crippen MR) is 95.3 cm³/mol. The predicted octanol–water partition coefficient (Wildman–Crippen LogP) is 1.26. The van der Waals surface area contributed by atoms with Crippen LogP contribution in [0, 0.1) is 0 Å². The molecular weight excluding hydrogens is 385 g/mol. The van der Waals surface area contributed by atoms with Crippen molar-refractivity contribution in [3.8, 4) is 0 Å². The van der Waals surface area contributed by atoms with Gasteiger partial charge in [0.2, 0.25) is 0 Å². The number of carbonyl (C=O) groups excluding carboxylic acids is 2. The second-order valence-electron chi connectivity index (χ2n) is 5.35. The second-order valence-corrected chi connectivity index (χ2v) is 6.20. The first-order chi connectivity index (χ1) is 12.3. The Kier molecular flexibility index (Phi) is 6.59. The van der Waals surface area contributed by atoms with E-state index in [-0.39, 0.29) is 0 Å². The molecule has 0 bridgehead atoms. The van der Waals surface area contributed by atoms with Crippen LogP contribution in [0.2, 0.25) is 10.0 Å². The van der Waals surface area contributed by atoms with Gasteiger partial charge < -0.3 is 10.1 Å². The van der Waals surface area contributed by atoms with Gasteiger partial charge in [-0.05, 0) is 24.6 Å². The van der Waals surface area contributed by atoms with E-state index in [0.717, 1.165) is 16.8 Å². The third-order valence-corrected chi connectivity index (χ3v) is 3.93. The van der Waals surface area contributed by atoms with E-state index in [9.17, 15) is 19.2 Å². The molecule has 0 saturated carbocycles. The average molecular weight is 400 g/mol. The Morgan fingerprint density at radius 1 is 1.27 bits per heavy atom. The minimum atomic E-state index is -0.800. The van der Waals surface area contributed by atoms with E-state index in [2.05, 4.69) is 5.32 Å². The molecule has 1 heterocycles. The monoisotopic (exact) mass is 399 g/mol. The van der Waals surface area contributed by atoms with Gasteiger partial charge in [0.1, 0.15) is 6.54 Å². The number of nitrogens with one attached hydrogen (secondary N) is 2.